The van der Waals surface area contributed by atoms with Crippen LogP contribution in [0.2, 0.25) is 0 Å². The molecule has 0 aromatic rings. The van der Waals surface area contributed by atoms with Crippen LogP contribution in [0.5, 0.6) is 0 Å². The normalized spacial score (nSPS) is 19.4. The summed E-state index contributed by atoms with van der Waals surface area (Å²) in [4.78, 5) is 10.9. The van der Waals surface area contributed by atoms with Crippen LogP contribution in [0.25, 0.3) is 0 Å². The maximum Gasteiger partial charge on any atom is 0.168 e. The molecule has 12 heavy (non-hydrogen) atoms. The number of ketones is 1. The first kappa shape index (κ1) is 10.1. The van der Waals surface area contributed by atoms with Gasteiger partial charge in [0.2, 0.25) is 0 Å². The first-order chi connectivity index (χ1) is 5.83. The molecule has 0 amide bonds. The van der Waals surface area contributed by atoms with Gasteiger partial charge in [0.1, 0.15) is 6.61 Å². The van der Waals surface area contributed by atoms with E-state index in [-0.39, 0.29) is 12.4 Å². The van der Waals surface area contributed by atoms with E-state index >= 15 is 0 Å². The van der Waals surface area contributed by atoms with Gasteiger partial charge in [0, 0.05) is 0 Å². The van der Waals surface area contributed by atoms with Crippen LogP contribution in [-0.2, 0) is 9.53 Å². The summed E-state index contributed by atoms with van der Waals surface area (Å²) in [5, 5.41) is 0. The number of hydrogen-bond donors (Lipinski definition) is 1. The van der Waals surface area contributed by atoms with Gasteiger partial charge in [0.15, 0.2) is 5.78 Å². The molecule has 0 spiro atoms. The highest BCUT2D eigenvalue weighted by Crippen LogP contribution is 2.19. The van der Waals surface area contributed by atoms with Crippen molar-refractivity contribution in [2.45, 2.75) is 38.2 Å². The lowest BCUT2D eigenvalue weighted by Gasteiger charge is -2.21. The van der Waals surface area contributed by atoms with Crippen molar-refractivity contribution in [1.29, 1.82) is 0 Å². The molecule has 3 heteroatoms. The molecule has 0 atom stereocenters. The molecule has 2 nitrogen and oxygen atoms in total. The maximum atomic E-state index is 10.9. The van der Waals surface area contributed by atoms with Crippen LogP contribution < -0.4 is 0 Å². The summed E-state index contributed by atoms with van der Waals surface area (Å²) in [6.45, 7) is 0.258. The summed E-state index contributed by atoms with van der Waals surface area (Å²) in [5.74, 6) is 0.385. The zero-order chi connectivity index (χ0) is 8.81. The van der Waals surface area contributed by atoms with Gasteiger partial charge >= 0.3 is 0 Å². The molecule has 1 aliphatic carbocycles. The summed E-state index contributed by atoms with van der Waals surface area (Å²) in [5.41, 5.74) is 0. The van der Waals surface area contributed by atoms with E-state index in [4.69, 9.17) is 4.74 Å². The maximum absolute atomic E-state index is 10.9. The Balaban J connectivity index is 2.09. The Morgan fingerprint density at radius 2 is 2.00 bits per heavy atom. The van der Waals surface area contributed by atoms with Gasteiger partial charge in [0.05, 0.1) is 11.9 Å². The summed E-state index contributed by atoms with van der Waals surface area (Å²) in [6, 6.07) is 0. The Kier molecular flexibility index (Phi) is 4.69. The third-order valence-corrected chi connectivity index (χ3v) is 2.56. The number of rotatable bonds is 4. The second-order valence-electron chi connectivity index (χ2n) is 3.27. The summed E-state index contributed by atoms with van der Waals surface area (Å²) in [6.07, 6.45) is 6.40. The Hall–Kier alpha value is -0.0200. The fourth-order valence-corrected chi connectivity index (χ4v) is 1.58. The fraction of sp³-hybridized carbons (Fsp3) is 0.889. The van der Waals surface area contributed by atoms with Gasteiger partial charge < -0.3 is 4.74 Å². The van der Waals surface area contributed by atoms with E-state index in [0.717, 1.165) is 12.8 Å². The van der Waals surface area contributed by atoms with Crippen molar-refractivity contribution in [3.63, 3.8) is 0 Å². The van der Waals surface area contributed by atoms with E-state index in [0.29, 0.717) is 11.9 Å². The quantitative estimate of drug-likeness (QED) is 0.681. The number of carbonyl (C=O) groups is 1. The molecule has 0 aromatic carbocycles. The second-order valence-corrected chi connectivity index (χ2v) is 3.58. The Labute approximate surface area is 79.1 Å². The summed E-state index contributed by atoms with van der Waals surface area (Å²) < 4.78 is 5.44. The van der Waals surface area contributed by atoms with E-state index in [1.807, 2.05) is 0 Å². The molecule has 70 valence electrons. The molecule has 0 aromatic heterocycles. The third kappa shape index (κ3) is 3.59. The lowest BCUT2D eigenvalue weighted by molar-refractivity contribution is -0.123. The number of hydrogen-bond acceptors (Lipinski definition) is 3. The molecule has 0 unspecified atom stereocenters. The van der Waals surface area contributed by atoms with Crippen LogP contribution in [0.15, 0.2) is 0 Å². The highest BCUT2D eigenvalue weighted by Gasteiger charge is 2.14. The van der Waals surface area contributed by atoms with E-state index in [9.17, 15) is 4.79 Å². The van der Waals surface area contributed by atoms with Crippen LogP contribution in [0, 0.1) is 0 Å². The van der Waals surface area contributed by atoms with Gasteiger partial charge in [0.25, 0.3) is 0 Å². The smallest absolute Gasteiger partial charge is 0.168 e. The lowest BCUT2D eigenvalue weighted by atomic mass is 9.98. The number of ether oxygens (including phenoxy) is 1. The van der Waals surface area contributed by atoms with Crippen molar-refractivity contribution in [3.05, 3.63) is 0 Å². The Morgan fingerprint density at radius 3 is 2.58 bits per heavy atom. The van der Waals surface area contributed by atoms with Crippen molar-refractivity contribution < 1.29 is 9.53 Å². The van der Waals surface area contributed by atoms with Crippen LogP contribution in [0.4, 0.5) is 0 Å². The Morgan fingerprint density at radius 1 is 1.33 bits per heavy atom. The highest BCUT2D eigenvalue weighted by molar-refractivity contribution is 7.81. The SMILES string of the molecule is O=C(CS)COC1CCCCC1. The fourth-order valence-electron chi connectivity index (χ4n) is 1.49. The third-order valence-electron chi connectivity index (χ3n) is 2.21. The minimum Gasteiger partial charge on any atom is -0.370 e. The molecular weight excluding hydrogens is 172 g/mol. The topological polar surface area (TPSA) is 26.3 Å². The zero-order valence-electron chi connectivity index (χ0n) is 7.29. The van der Waals surface area contributed by atoms with Crippen LogP contribution in [0.1, 0.15) is 32.1 Å². The molecule has 0 saturated heterocycles. The number of carbonyl (C=O) groups excluding carboxylic acids is 1. The first-order valence-corrected chi connectivity index (χ1v) is 5.20. The lowest BCUT2D eigenvalue weighted by Crippen LogP contribution is -2.21. The van der Waals surface area contributed by atoms with E-state index in [2.05, 4.69) is 12.6 Å². The van der Waals surface area contributed by atoms with Crippen molar-refractivity contribution in [3.8, 4) is 0 Å². The zero-order valence-corrected chi connectivity index (χ0v) is 8.19. The average molecular weight is 188 g/mol. The molecule has 1 aliphatic rings. The van der Waals surface area contributed by atoms with Crippen LogP contribution >= 0.6 is 12.6 Å². The average Bonchev–Trinajstić information content (AvgIpc) is 2.16. The van der Waals surface area contributed by atoms with Crippen molar-refractivity contribution >= 4 is 18.4 Å². The van der Waals surface area contributed by atoms with E-state index in [1.165, 1.54) is 19.3 Å². The van der Waals surface area contributed by atoms with E-state index in [1.54, 1.807) is 0 Å². The molecule has 0 radical (unpaired) electrons. The van der Waals surface area contributed by atoms with Gasteiger partial charge in [-0.1, -0.05) is 19.3 Å². The largest absolute Gasteiger partial charge is 0.370 e. The predicted octanol–water partition coefficient (Wildman–Crippen LogP) is 1.83. The molecule has 0 heterocycles. The van der Waals surface area contributed by atoms with Crippen LogP contribution in [-0.4, -0.2) is 24.2 Å². The molecular formula is C9H16O2S. The van der Waals surface area contributed by atoms with Gasteiger partial charge in [-0.2, -0.15) is 12.6 Å². The van der Waals surface area contributed by atoms with Crippen molar-refractivity contribution in [2.24, 2.45) is 0 Å². The molecule has 1 rings (SSSR count). The summed E-state index contributed by atoms with van der Waals surface area (Å²) in [7, 11) is 0. The minimum atomic E-state index is 0.0870. The van der Waals surface area contributed by atoms with Gasteiger partial charge in [-0.05, 0) is 12.8 Å². The first-order valence-electron chi connectivity index (χ1n) is 4.57. The standard InChI is InChI=1S/C9H16O2S/c10-8(7-12)6-11-9-4-2-1-3-5-9/h9,12H,1-7H2. The minimum absolute atomic E-state index is 0.0870. The molecule has 1 saturated carbocycles. The highest BCUT2D eigenvalue weighted by atomic mass is 32.1. The predicted molar refractivity (Wildman–Crippen MR) is 51.7 cm³/mol. The number of Topliss-reactive ketones (excluding diaryl/α,β-unsaturated/α-hetero) is 1. The molecule has 0 aliphatic heterocycles. The van der Waals surface area contributed by atoms with Gasteiger partial charge in [-0.25, -0.2) is 0 Å². The van der Waals surface area contributed by atoms with Crippen molar-refractivity contribution in [2.75, 3.05) is 12.4 Å². The summed E-state index contributed by atoms with van der Waals surface area (Å²) >= 11 is 3.88. The Bertz CT molecular complexity index is 141. The molecule has 1 fully saturated rings. The van der Waals surface area contributed by atoms with Gasteiger partial charge in [-0.3, -0.25) is 4.79 Å². The van der Waals surface area contributed by atoms with Gasteiger partial charge in [-0.15, -0.1) is 0 Å². The second kappa shape index (κ2) is 5.60. The molecule has 0 bridgehead atoms. The number of thiol groups is 1. The molecule has 0 N–H and O–H groups in total. The van der Waals surface area contributed by atoms with Crippen LogP contribution in [0.3, 0.4) is 0 Å². The van der Waals surface area contributed by atoms with Crippen molar-refractivity contribution in [1.82, 2.24) is 0 Å². The monoisotopic (exact) mass is 188 g/mol. The van der Waals surface area contributed by atoms with E-state index < -0.39 is 0 Å².